The van der Waals surface area contributed by atoms with Gasteiger partial charge in [-0.3, -0.25) is 4.79 Å². The van der Waals surface area contributed by atoms with Gasteiger partial charge in [-0.25, -0.2) is 23.7 Å². The Morgan fingerprint density at radius 2 is 2.17 bits per heavy atom. The lowest BCUT2D eigenvalue weighted by Gasteiger charge is -2.35. The fourth-order valence-corrected chi connectivity index (χ4v) is 3.76. The quantitative estimate of drug-likeness (QED) is 0.687. The average Bonchev–Trinajstić information content (AvgIpc) is 3.30. The van der Waals surface area contributed by atoms with Gasteiger partial charge in [0.2, 0.25) is 5.91 Å². The number of carbonyl (C=O) groups excluding carboxylic acids is 1. The first-order valence-corrected chi connectivity index (χ1v) is 9.47. The summed E-state index contributed by atoms with van der Waals surface area (Å²) in [6, 6.07) is 5.51. The lowest BCUT2D eigenvalue weighted by molar-refractivity contribution is -0.127. The average molecular weight is 400 g/mol. The third-order valence-corrected chi connectivity index (χ3v) is 5.30. The van der Waals surface area contributed by atoms with Crippen molar-refractivity contribution in [1.82, 2.24) is 25.3 Å². The lowest BCUT2D eigenvalue weighted by Crippen LogP contribution is -2.55. The molecule has 0 unspecified atom stereocenters. The molecule has 0 aromatic carbocycles. The van der Waals surface area contributed by atoms with Gasteiger partial charge in [0, 0.05) is 43.0 Å². The van der Waals surface area contributed by atoms with Gasteiger partial charge in [0.25, 0.3) is 5.92 Å². The molecule has 29 heavy (non-hydrogen) atoms. The normalized spacial score (nSPS) is 19.7. The van der Waals surface area contributed by atoms with E-state index < -0.39 is 23.9 Å². The second-order valence-corrected chi connectivity index (χ2v) is 7.62. The molecule has 4 rings (SSSR count). The fourth-order valence-electron chi connectivity index (χ4n) is 3.76. The Balaban J connectivity index is 1.64. The fraction of sp³-hybridized carbons (Fsp3) is 0.400. The van der Waals surface area contributed by atoms with Crippen molar-refractivity contribution in [3.8, 4) is 11.4 Å². The van der Waals surface area contributed by atoms with Crippen LogP contribution in [-0.4, -0.2) is 50.4 Å². The van der Waals surface area contributed by atoms with Crippen LogP contribution in [0.4, 0.5) is 14.6 Å². The van der Waals surface area contributed by atoms with Crippen molar-refractivity contribution in [3.05, 3.63) is 36.8 Å². The van der Waals surface area contributed by atoms with Crippen LogP contribution in [0.25, 0.3) is 22.4 Å². The van der Waals surface area contributed by atoms with Crippen molar-refractivity contribution in [2.45, 2.75) is 38.2 Å². The van der Waals surface area contributed by atoms with Crippen molar-refractivity contribution in [3.63, 3.8) is 0 Å². The first kappa shape index (κ1) is 19.2. The summed E-state index contributed by atoms with van der Waals surface area (Å²) in [5.41, 5.74) is 0.604. The summed E-state index contributed by atoms with van der Waals surface area (Å²) in [5.74, 6) is -2.28. The van der Waals surface area contributed by atoms with E-state index in [1.807, 2.05) is 17.0 Å². The number of alkyl halides is 2. The molecule has 0 bridgehead atoms. The van der Waals surface area contributed by atoms with Gasteiger partial charge >= 0.3 is 0 Å². The Morgan fingerprint density at radius 1 is 1.34 bits per heavy atom. The minimum absolute atomic E-state index is 0.423. The third-order valence-electron chi connectivity index (χ3n) is 5.30. The second-order valence-electron chi connectivity index (χ2n) is 7.62. The van der Waals surface area contributed by atoms with E-state index in [9.17, 15) is 13.6 Å². The second kappa shape index (κ2) is 7.06. The number of rotatable bonds is 5. The van der Waals surface area contributed by atoms with Crippen molar-refractivity contribution >= 4 is 22.8 Å². The van der Waals surface area contributed by atoms with E-state index in [4.69, 9.17) is 0 Å². The summed E-state index contributed by atoms with van der Waals surface area (Å²) >= 11 is 0. The van der Waals surface area contributed by atoms with E-state index in [1.54, 1.807) is 31.6 Å². The Hall–Kier alpha value is -3.10. The van der Waals surface area contributed by atoms with Crippen LogP contribution in [-0.2, 0) is 4.79 Å². The van der Waals surface area contributed by atoms with E-state index in [0.29, 0.717) is 24.6 Å². The lowest BCUT2D eigenvalue weighted by atomic mass is 9.97. The van der Waals surface area contributed by atoms with Gasteiger partial charge in [0.15, 0.2) is 5.82 Å². The number of nitrogens with one attached hydrogen (secondary N) is 2. The van der Waals surface area contributed by atoms with Crippen LogP contribution in [0.1, 0.15) is 26.7 Å². The number of amides is 1. The van der Waals surface area contributed by atoms with Crippen LogP contribution in [0, 0.1) is 0 Å². The maximum absolute atomic E-state index is 13.2. The van der Waals surface area contributed by atoms with Crippen LogP contribution < -0.4 is 10.2 Å². The minimum atomic E-state index is -2.96. The molecule has 1 aliphatic rings. The molecule has 0 aliphatic carbocycles. The molecule has 3 aromatic heterocycles. The molecule has 1 amide bonds. The topological polar surface area (TPSA) is 86.8 Å². The van der Waals surface area contributed by atoms with E-state index >= 15 is 0 Å². The molecule has 3 aromatic rings. The molecular weight excluding hydrogens is 378 g/mol. The Kier molecular flexibility index (Phi) is 4.68. The van der Waals surface area contributed by atoms with Crippen LogP contribution >= 0.6 is 0 Å². The minimum Gasteiger partial charge on any atom is -0.348 e. The van der Waals surface area contributed by atoms with Gasteiger partial charge in [-0.05, 0) is 38.0 Å². The number of aromatic amines is 1. The van der Waals surface area contributed by atoms with Gasteiger partial charge in [0.1, 0.15) is 17.0 Å². The summed E-state index contributed by atoms with van der Waals surface area (Å²) in [6.07, 6.45) is 6.47. The summed E-state index contributed by atoms with van der Waals surface area (Å²) in [5, 5.41) is 3.28. The van der Waals surface area contributed by atoms with Crippen molar-refractivity contribution < 1.29 is 13.6 Å². The number of anilines is 1. The summed E-state index contributed by atoms with van der Waals surface area (Å²) in [7, 11) is 0. The van der Waals surface area contributed by atoms with E-state index in [0.717, 1.165) is 29.9 Å². The third kappa shape index (κ3) is 3.64. The van der Waals surface area contributed by atoms with Gasteiger partial charge in [-0.1, -0.05) is 0 Å². The highest BCUT2D eigenvalue weighted by molar-refractivity contribution is 5.92. The maximum Gasteiger partial charge on any atom is 0.262 e. The van der Waals surface area contributed by atoms with E-state index in [1.165, 1.54) is 0 Å². The Labute approximate surface area is 166 Å². The Morgan fingerprint density at radius 3 is 2.97 bits per heavy atom. The molecule has 0 saturated carbocycles. The van der Waals surface area contributed by atoms with Crippen molar-refractivity contribution in [1.29, 1.82) is 0 Å². The molecule has 9 heteroatoms. The number of nitrogens with zero attached hydrogens (tertiary/aromatic N) is 4. The summed E-state index contributed by atoms with van der Waals surface area (Å²) in [4.78, 5) is 31.0. The molecule has 1 saturated heterocycles. The van der Waals surface area contributed by atoms with E-state index in [2.05, 4.69) is 25.3 Å². The number of pyridine rings is 1. The van der Waals surface area contributed by atoms with E-state index in [-0.39, 0.29) is 0 Å². The zero-order valence-electron chi connectivity index (χ0n) is 16.2. The first-order valence-electron chi connectivity index (χ1n) is 9.47. The number of aromatic nitrogens is 4. The number of fused-ring (bicyclic) bond motifs is 1. The molecule has 152 valence electrons. The highest BCUT2D eigenvalue weighted by atomic mass is 19.3. The molecule has 1 aliphatic heterocycles. The molecule has 1 atom stereocenters. The number of H-pyrrole nitrogens is 1. The van der Waals surface area contributed by atoms with Gasteiger partial charge in [-0.15, -0.1) is 0 Å². The SMILES string of the molecule is CC(F)(F)CNC(=O)[C@@]1(C)CCCN1c1ccnc(-c2c[nH]c3ncccc23)n1. The highest BCUT2D eigenvalue weighted by Gasteiger charge is 2.44. The van der Waals surface area contributed by atoms with Crippen molar-refractivity contribution in [2.24, 2.45) is 0 Å². The number of halogens is 2. The number of carbonyl (C=O) groups is 1. The van der Waals surface area contributed by atoms with Gasteiger partial charge in [-0.2, -0.15) is 0 Å². The molecule has 0 radical (unpaired) electrons. The molecular formula is C20H22F2N6O. The summed E-state index contributed by atoms with van der Waals surface area (Å²) in [6.45, 7) is 2.47. The molecule has 7 nitrogen and oxygen atoms in total. The van der Waals surface area contributed by atoms with Crippen molar-refractivity contribution in [2.75, 3.05) is 18.0 Å². The predicted octanol–water partition coefficient (Wildman–Crippen LogP) is 3.15. The highest BCUT2D eigenvalue weighted by Crippen LogP contribution is 2.34. The maximum atomic E-state index is 13.2. The number of hydrogen-bond acceptors (Lipinski definition) is 5. The molecule has 2 N–H and O–H groups in total. The summed E-state index contributed by atoms with van der Waals surface area (Å²) < 4.78 is 26.4. The van der Waals surface area contributed by atoms with Crippen LogP contribution in [0.2, 0.25) is 0 Å². The van der Waals surface area contributed by atoms with Gasteiger partial charge in [0.05, 0.1) is 6.54 Å². The molecule has 4 heterocycles. The van der Waals surface area contributed by atoms with Crippen LogP contribution in [0.5, 0.6) is 0 Å². The van der Waals surface area contributed by atoms with Gasteiger partial charge < -0.3 is 15.2 Å². The number of hydrogen-bond donors (Lipinski definition) is 2. The zero-order valence-corrected chi connectivity index (χ0v) is 16.2. The smallest absolute Gasteiger partial charge is 0.262 e. The Bertz CT molecular complexity index is 1050. The predicted molar refractivity (Wildman–Crippen MR) is 106 cm³/mol. The van der Waals surface area contributed by atoms with Crippen LogP contribution in [0.15, 0.2) is 36.8 Å². The first-order chi connectivity index (χ1) is 13.8. The largest absolute Gasteiger partial charge is 0.348 e. The zero-order chi connectivity index (χ0) is 20.6. The standard InChI is InChI=1S/C20H22F2N6O/c1-19(18(29)26-12-20(2,21)22)7-4-10-28(19)15-6-9-24-17(27-15)14-11-25-16-13(14)5-3-8-23-16/h3,5-6,8-9,11H,4,7,10,12H2,1-2H3,(H,23,25)(H,26,29)/t19-/m1/s1. The molecule has 0 spiro atoms. The molecule has 1 fully saturated rings. The van der Waals surface area contributed by atoms with Crippen LogP contribution in [0.3, 0.4) is 0 Å². The monoisotopic (exact) mass is 400 g/mol.